The zero-order chi connectivity index (χ0) is 8.69. The van der Waals surface area contributed by atoms with Crippen LogP contribution in [0.15, 0.2) is 11.6 Å². The fraction of sp³-hybridized carbons (Fsp3) is 0.571. The predicted molar refractivity (Wildman–Crippen MR) is 49.2 cm³/mol. The van der Waals surface area contributed by atoms with Gasteiger partial charge < -0.3 is 5.11 Å². The van der Waals surface area contributed by atoms with E-state index in [1.165, 1.54) is 17.3 Å². The lowest BCUT2D eigenvalue weighted by Crippen LogP contribution is -2.15. The lowest BCUT2D eigenvalue weighted by Gasteiger charge is -2.05. The fourth-order valence-electron chi connectivity index (χ4n) is 0.572. The SMILES string of the molecule is CCC(SC/C=C/Cl)C(=O)O. The molecule has 0 aliphatic carbocycles. The molecule has 0 rings (SSSR count). The smallest absolute Gasteiger partial charge is 0.316 e. The minimum atomic E-state index is -0.750. The fourth-order valence-corrected chi connectivity index (χ4v) is 1.58. The molecule has 1 unspecified atom stereocenters. The molecule has 4 heteroatoms. The maximum Gasteiger partial charge on any atom is 0.316 e. The molecule has 0 aliphatic heterocycles. The number of hydrogen-bond acceptors (Lipinski definition) is 2. The van der Waals surface area contributed by atoms with Gasteiger partial charge in [-0.1, -0.05) is 24.6 Å². The van der Waals surface area contributed by atoms with Crippen molar-refractivity contribution in [3.63, 3.8) is 0 Å². The van der Waals surface area contributed by atoms with Crippen molar-refractivity contribution in [2.75, 3.05) is 5.75 Å². The van der Waals surface area contributed by atoms with Crippen molar-refractivity contribution < 1.29 is 9.90 Å². The normalized spacial score (nSPS) is 13.6. The molecule has 0 spiro atoms. The van der Waals surface area contributed by atoms with E-state index in [-0.39, 0.29) is 5.25 Å². The Morgan fingerprint density at radius 1 is 1.82 bits per heavy atom. The van der Waals surface area contributed by atoms with Gasteiger partial charge in [0.1, 0.15) is 5.25 Å². The number of carboxylic acids is 1. The van der Waals surface area contributed by atoms with Crippen LogP contribution in [-0.2, 0) is 4.79 Å². The molecule has 0 fully saturated rings. The van der Waals surface area contributed by atoms with E-state index in [1.54, 1.807) is 6.08 Å². The Hall–Kier alpha value is -0.150. The Morgan fingerprint density at radius 3 is 2.82 bits per heavy atom. The van der Waals surface area contributed by atoms with Crippen LogP contribution in [0.25, 0.3) is 0 Å². The first-order valence-electron chi connectivity index (χ1n) is 3.32. The zero-order valence-electron chi connectivity index (χ0n) is 6.29. The molecule has 0 aromatic heterocycles. The Bertz CT molecular complexity index is 147. The average Bonchev–Trinajstić information content (AvgIpc) is 1.97. The summed E-state index contributed by atoms with van der Waals surface area (Å²) in [6, 6.07) is 0. The molecule has 0 aliphatic rings. The molecule has 0 aromatic rings. The Balaban J connectivity index is 3.61. The highest BCUT2D eigenvalue weighted by Gasteiger charge is 2.13. The summed E-state index contributed by atoms with van der Waals surface area (Å²) in [7, 11) is 0. The molecule has 0 saturated carbocycles. The van der Waals surface area contributed by atoms with Crippen LogP contribution in [0.5, 0.6) is 0 Å². The first-order valence-corrected chi connectivity index (χ1v) is 4.80. The summed E-state index contributed by atoms with van der Waals surface area (Å²) in [6.45, 7) is 1.86. The van der Waals surface area contributed by atoms with E-state index in [4.69, 9.17) is 16.7 Å². The van der Waals surface area contributed by atoms with Gasteiger partial charge in [0.05, 0.1) is 0 Å². The molecule has 0 saturated heterocycles. The first kappa shape index (κ1) is 10.8. The van der Waals surface area contributed by atoms with Crippen LogP contribution in [0.3, 0.4) is 0 Å². The van der Waals surface area contributed by atoms with Gasteiger partial charge in [-0.15, -0.1) is 11.8 Å². The van der Waals surface area contributed by atoms with Crippen LogP contribution >= 0.6 is 23.4 Å². The molecule has 0 heterocycles. The van der Waals surface area contributed by atoms with E-state index in [1.807, 2.05) is 6.92 Å². The molecule has 11 heavy (non-hydrogen) atoms. The van der Waals surface area contributed by atoms with Crippen LogP contribution in [0.2, 0.25) is 0 Å². The van der Waals surface area contributed by atoms with Gasteiger partial charge in [0.25, 0.3) is 0 Å². The summed E-state index contributed by atoms with van der Waals surface area (Å²) in [6.07, 6.45) is 2.38. The van der Waals surface area contributed by atoms with Gasteiger partial charge >= 0.3 is 5.97 Å². The van der Waals surface area contributed by atoms with Gasteiger partial charge in [-0.2, -0.15) is 0 Å². The van der Waals surface area contributed by atoms with Crippen LogP contribution < -0.4 is 0 Å². The molecule has 0 radical (unpaired) electrons. The third-order valence-corrected chi connectivity index (χ3v) is 2.63. The third-order valence-electron chi connectivity index (χ3n) is 1.13. The number of carboxylic acid groups (broad SMARTS) is 1. The summed E-state index contributed by atoms with van der Waals surface area (Å²) in [4.78, 5) is 10.4. The summed E-state index contributed by atoms with van der Waals surface area (Å²) < 4.78 is 0. The lowest BCUT2D eigenvalue weighted by atomic mass is 10.3. The van der Waals surface area contributed by atoms with Gasteiger partial charge in [-0.3, -0.25) is 4.79 Å². The number of rotatable bonds is 5. The molecular formula is C7H11ClO2S. The highest BCUT2D eigenvalue weighted by molar-refractivity contribution is 8.00. The van der Waals surface area contributed by atoms with Crippen molar-refractivity contribution in [3.8, 4) is 0 Å². The summed E-state index contributed by atoms with van der Waals surface area (Å²) in [5, 5.41) is 8.29. The molecule has 0 amide bonds. The Kier molecular flexibility index (Phi) is 6.46. The molecule has 2 nitrogen and oxygen atoms in total. The second-order valence-electron chi connectivity index (χ2n) is 1.93. The summed E-state index contributed by atoms with van der Waals surface area (Å²) in [5.41, 5.74) is 1.40. The van der Waals surface area contributed by atoms with Gasteiger partial charge in [0.2, 0.25) is 0 Å². The minimum Gasteiger partial charge on any atom is -0.480 e. The number of hydrogen-bond donors (Lipinski definition) is 1. The van der Waals surface area contributed by atoms with Crippen LogP contribution in [0.1, 0.15) is 13.3 Å². The topological polar surface area (TPSA) is 37.3 Å². The van der Waals surface area contributed by atoms with Gasteiger partial charge in [-0.25, -0.2) is 0 Å². The van der Waals surface area contributed by atoms with Gasteiger partial charge in [0.15, 0.2) is 0 Å². The van der Waals surface area contributed by atoms with Crippen molar-refractivity contribution in [1.29, 1.82) is 0 Å². The molecule has 64 valence electrons. The van der Waals surface area contributed by atoms with E-state index in [2.05, 4.69) is 0 Å². The molecule has 0 aromatic carbocycles. The average molecular weight is 195 g/mol. The second-order valence-corrected chi connectivity index (χ2v) is 3.42. The molecule has 1 N–H and O–H groups in total. The lowest BCUT2D eigenvalue weighted by molar-refractivity contribution is -0.136. The van der Waals surface area contributed by atoms with E-state index >= 15 is 0 Å². The van der Waals surface area contributed by atoms with Gasteiger partial charge in [0, 0.05) is 11.3 Å². The monoisotopic (exact) mass is 194 g/mol. The van der Waals surface area contributed by atoms with Crippen LogP contribution in [-0.4, -0.2) is 22.1 Å². The zero-order valence-corrected chi connectivity index (χ0v) is 7.86. The van der Waals surface area contributed by atoms with E-state index < -0.39 is 5.97 Å². The van der Waals surface area contributed by atoms with E-state index in [0.29, 0.717) is 12.2 Å². The Morgan fingerprint density at radius 2 is 2.45 bits per heavy atom. The number of carbonyl (C=O) groups is 1. The molecular weight excluding hydrogens is 184 g/mol. The number of thioether (sulfide) groups is 1. The van der Waals surface area contributed by atoms with Crippen molar-refractivity contribution in [2.24, 2.45) is 0 Å². The Labute approximate surface area is 75.6 Å². The molecule has 0 bridgehead atoms. The largest absolute Gasteiger partial charge is 0.480 e. The van der Waals surface area contributed by atoms with E-state index in [9.17, 15) is 4.79 Å². The second kappa shape index (κ2) is 6.55. The summed E-state index contributed by atoms with van der Waals surface area (Å²) >= 11 is 6.65. The number of halogens is 1. The van der Waals surface area contributed by atoms with Crippen LogP contribution in [0.4, 0.5) is 0 Å². The highest BCUT2D eigenvalue weighted by atomic mass is 35.5. The van der Waals surface area contributed by atoms with Crippen LogP contribution in [0, 0.1) is 0 Å². The van der Waals surface area contributed by atoms with Gasteiger partial charge in [-0.05, 0) is 6.42 Å². The van der Waals surface area contributed by atoms with Crippen molar-refractivity contribution >= 4 is 29.3 Å². The van der Waals surface area contributed by atoms with Crippen molar-refractivity contribution in [1.82, 2.24) is 0 Å². The first-order chi connectivity index (χ1) is 5.22. The van der Waals surface area contributed by atoms with Crippen molar-refractivity contribution in [2.45, 2.75) is 18.6 Å². The van der Waals surface area contributed by atoms with Crippen molar-refractivity contribution in [3.05, 3.63) is 11.6 Å². The number of aliphatic carboxylic acids is 1. The predicted octanol–water partition coefficient (Wildman–Crippen LogP) is 2.34. The molecule has 1 atom stereocenters. The van der Waals surface area contributed by atoms with E-state index in [0.717, 1.165) is 0 Å². The maximum absolute atomic E-state index is 10.4. The summed E-state index contributed by atoms with van der Waals surface area (Å²) in [5.74, 6) is -0.0885. The maximum atomic E-state index is 10.4. The minimum absolute atomic E-state index is 0.303. The third kappa shape index (κ3) is 5.16. The quantitative estimate of drug-likeness (QED) is 0.730. The standard InChI is InChI=1S/C7H11ClO2S/c1-2-6(7(9)10)11-5-3-4-8/h3-4,6H,2,5H2,1H3,(H,9,10)/b4-3+. The highest BCUT2D eigenvalue weighted by Crippen LogP contribution is 2.14.